The van der Waals surface area contributed by atoms with Crippen LogP contribution in [0.4, 0.5) is 34.1 Å². The van der Waals surface area contributed by atoms with Crippen molar-refractivity contribution in [2.75, 3.05) is 9.80 Å². The third-order valence-corrected chi connectivity index (χ3v) is 24.6. The van der Waals surface area contributed by atoms with Gasteiger partial charge in [-0.1, -0.05) is 190 Å². The van der Waals surface area contributed by atoms with E-state index in [1.165, 1.54) is 166 Å². The van der Waals surface area contributed by atoms with Crippen molar-refractivity contribution in [2.24, 2.45) is 0 Å². The summed E-state index contributed by atoms with van der Waals surface area (Å²) in [5, 5.41) is 3.79. The van der Waals surface area contributed by atoms with Crippen molar-refractivity contribution in [1.82, 2.24) is 4.57 Å². The van der Waals surface area contributed by atoms with Crippen LogP contribution in [0.1, 0.15) is 219 Å². The second kappa shape index (κ2) is 17.4. The number of rotatable bonds is 4. The Hall–Kier alpha value is -7.24. The maximum Gasteiger partial charge on any atom is 0.297 e. The first kappa shape index (κ1) is 55.8. The van der Waals surface area contributed by atoms with Gasteiger partial charge in [0.2, 0.25) is 0 Å². The van der Waals surface area contributed by atoms with Gasteiger partial charge in [0.1, 0.15) is 5.58 Å². The van der Waals surface area contributed by atoms with Crippen molar-refractivity contribution in [3.8, 4) is 16.8 Å². The van der Waals surface area contributed by atoms with E-state index in [0.29, 0.717) is 0 Å². The number of hydrogen-bond donors (Lipinski definition) is 0. The first-order valence-corrected chi connectivity index (χ1v) is 33.9. The Morgan fingerprint density at radius 2 is 0.888 bits per heavy atom. The molecule has 0 saturated heterocycles. The summed E-state index contributed by atoms with van der Waals surface area (Å²) in [5.74, 6) is 0. The van der Waals surface area contributed by atoms with Crippen LogP contribution in [-0.4, -0.2) is 11.3 Å². The van der Waals surface area contributed by atoms with Crippen LogP contribution >= 0.6 is 0 Å². The third-order valence-electron chi connectivity index (χ3n) is 24.6. The van der Waals surface area contributed by atoms with Crippen molar-refractivity contribution in [2.45, 2.75) is 218 Å². The number of aromatic nitrogens is 1. The van der Waals surface area contributed by atoms with Gasteiger partial charge in [-0.05, 0) is 233 Å². The molecule has 4 nitrogen and oxygen atoms in total. The minimum Gasteiger partial charge on any atom is -0.468 e. The summed E-state index contributed by atoms with van der Waals surface area (Å²) in [4.78, 5) is 5.49. The predicted molar refractivity (Wildman–Crippen MR) is 379 cm³/mol. The van der Waals surface area contributed by atoms with Crippen LogP contribution < -0.4 is 26.4 Å². The first-order valence-electron chi connectivity index (χ1n) is 33.9. The van der Waals surface area contributed by atoms with Crippen LogP contribution in [0.3, 0.4) is 0 Å². The Labute approximate surface area is 530 Å². The molecule has 5 heteroatoms. The van der Waals surface area contributed by atoms with Crippen LogP contribution in [0.5, 0.6) is 0 Å². The fourth-order valence-electron chi connectivity index (χ4n) is 19.3. The zero-order valence-corrected chi connectivity index (χ0v) is 56.3. The maximum absolute atomic E-state index is 8.05. The fraction of sp³-hybridized carbons (Fsp3) is 0.405. The molecule has 2 aromatic heterocycles. The van der Waals surface area contributed by atoms with E-state index in [-0.39, 0.29) is 55.4 Å². The van der Waals surface area contributed by atoms with Crippen LogP contribution in [0.2, 0.25) is 0 Å². The van der Waals surface area contributed by atoms with Gasteiger partial charge in [0, 0.05) is 44.5 Å². The van der Waals surface area contributed by atoms with Gasteiger partial charge < -0.3 is 18.8 Å². The molecule has 4 unspecified atom stereocenters. The lowest BCUT2D eigenvalue weighted by molar-refractivity contribution is 0.332. The standard InChI is InChI=1S/C84H90BN3O/c1-76(2,3)50-23-27-53(28-24-50)86-69-45-63-62(82(15)34-35-83(63,16)48-82)43-65(69)85-73-70(86)39-54(87-66-37-51(77(4,5)6)25-29-55(66)56-30-26-52(38-67(56)87)78(7,8)9)40-71(73)88(74-58-42-61-64(46-72(58)89-75(74)85)84(17)36-33-81(61,14)47-84)68-44-60-59(79(10,11)31-32-80(60,12)13)41-57(68)49-21-19-18-20-22-49/h18-30,37-46H,31-36,47-48H2,1-17H3. The quantitative estimate of drug-likeness (QED) is 0.164. The minimum absolute atomic E-state index is 0.00752. The number of fused-ring (bicyclic) bond motifs is 20. The van der Waals surface area contributed by atoms with E-state index >= 15 is 0 Å². The highest BCUT2D eigenvalue weighted by atomic mass is 16.3. The summed E-state index contributed by atoms with van der Waals surface area (Å²) in [6.45, 7) is 41.3. The molecular weight excluding hydrogens is 1080 g/mol. The Kier molecular flexibility index (Phi) is 10.9. The van der Waals surface area contributed by atoms with Crippen LogP contribution in [-0.2, 0) is 48.7 Å². The smallest absolute Gasteiger partial charge is 0.297 e. The van der Waals surface area contributed by atoms with Gasteiger partial charge >= 0.3 is 0 Å². The van der Waals surface area contributed by atoms with Gasteiger partial charge in [-0.3, -0.25) is 0 Å². The largest absolute Gasteiger partial charge is 0.468 e. The van der Waals surface area contributed by atoms with Crippen LogP contribution in [0.25, 0.3) is 49.6 Å². The van der Waals surface area contributed by atoms with Crippen LogP contribution in [0.15, 0.2) is 144 Å². The number of anilines is 6. The molecule has 5 aliphatic carbocycles. The topological polar surface area (TPSA) is 24.6 Å². The molecule has 0 amide bonds. The summed E-state index contributed by atoms with van der Waals surface area (Å²) in [7, 11) is 0. The second-order valence-electron chi connectivity index (χ2n) is 34.9. The highest BCUT2D eigenvalue weighted by Gasteiger charge is 2.57. The average molecular weight is 1170 g/mol. The lowest BCUT2D eigenvalue weighted by Crippen LogP contribution is -2.61. The molecule has 8 aromatic carbocycles. The van der Waals surface area contributed by atoms with Crippen molar-refractivity contribution < 1.29 is 4.42 Å². The highest BCUT2D eigenvalue weighted by molar-refractivity contribution is 7.00. The number of benzene rings is 8. The molecule has 7 aliphatic rings. The maximum atomic E-state index is 8.05. The van der Waals surface area contributed by atoms with E-state index in [0.717, 1.165) is 29.8 Å². The predicted octanol–water partition coefficient (Wildman–Crippen LogP) is 20.9. The van der Waals surface area contributed by atoms with E-state index in [1.54, 1.807) is 5.56 Å². The van der Waals surface area contributed by atoms with Gasteiger partial charge in [0.15, 0.2) is 0 Å². The van der Waals surface area contributed by atoms with Gasteiger partial charge in [0.25, 0.3) is 6.71 Å². The summed E-state index contributed by atoms with van der Waals surface area (Å²) in [6.07, 6.45) is 9.51. The SMILES string of the molecule is CC(C)(C)c1ccc(N2c3cc4c(cc3B3c5oc6cc7c(cc6c5N(c5cc6c(cc5-c5ccccc5)C(C)(C)CCC6(C)C)c5cc(-n6c8cc(C(C)(C)C)ccc8c8ccc(C(C)(C)C)cc86)cc2c53)C2(C)CCC7(C)C2)C2(C)CCC4(C)C2)cc1. The molecule has 0 N–H and O–H groups in total. The molecule has 4 heterocycles. The normalized spacial score (nSPS) is 24.2. The number of nitrogens with zero attached hydrogens (tertiary/aromatic N) is 3. The van der Waals surface area contributed by atoms with Gasteiger partial charge in [-0.2, -0.15) is 0 Å². The summed E-state index contributed by atoms with van der Waals surface area (Å²) < 4.78 is 10.7. The molecular formula is C84H90BN3O. The zero-order chi connectivity index (χ0) is 62.0. The summed E-state index contributed by atoms with van der Waals surface area (Å²) in [5.41, 5.74) is 31.4. The Balaban J connectivity index is 1.08. The first-order chi connectivity index (χ1) is 41.9. The molecule has 10 aromatic rings. The summed E-state index contributed by atoms with van der Waals surface area (Å²) in [6, 6.07) is 56.9. The van der Waals surface area contributed by atoms with E-state index in [4.69, 9.17) is 4.42 Å². The zero-order valence-electron chi connectivity index (χ0n) is 56.3. The molecule has 4 bridgehead atoms. The van der Waals surface area contributed by atoms with E-state index in [2.05, 4.69) is 272 Å². The molecule has 0 radical (unpaired) electrons. The molecule has 2 fully saturated rings. The van der Waals surface area contributed by atoms with Gasteiger partial charge in [-0.15, -0.1) is 0 Å². The second-order valence-corrected chi connectivity index (χ2v) is 34.9. The molecule has 89 heavy (non-hydrogen) atoms. The summed E-state index contributed by atoms with van der Waals surface area (Å²) >= 11 is 0. The average Bonchev–Trinajstić information content (AvgIpc) is 1.64. The molecule has 4 atom stereocenters. The Bertz CT molecular complexity index is 4690. The minimum atomic E-state index is -0.197. The van der Waals surface area contributed by atoms with Crippen molar-refractivity contribution >= 4 is 90.2 Å². The molecule has 450 valence electrons. The monoisotopic (exact) mass is 1170 g/mol. The fourth-order valence-corrected chi connectivity index (χ4v) is 19.3. The molecule has 2 saturated carbocycles. The van der Waals surface area contributed by atoms with Crippen molar-refractivity contribution in [3.05, 3.63) is 190 Å². The highest BCUT2D eigenvalue weighted by Crippen LogP contribution is 2.64. The molecule has 0 spiro atoms. The van der Waals surface area contributed by atoms with E-state index < -0.39 is 0 Å². The van der Waals surface area contributed by atoms with Crippen molar-refractivity contribution in [1.29, 1.82) is 0 Å². The van der Waals surface area contributed by atoms with Crippen LogP contribution in [0, 0.1) is 0 Å². The molecule has 2 aliphatic heterocycles. The number of hydrogen-bond acceptors (Lipinski definition) is 3. The van der Waals surface area contributed by atoms with E-state index in [9.17, 15) is 0 Å². The Morgan fingerprint density at radius 3 is 1.44 bits per heavy atom. The van der Waals surface area contributed by atoms with Crippen molar-refractivity contribution in [3.63, 3.8) is 0 Å². The molecule has 17 rings (SSSR count). The number of furan rings is 1. The third kappa shape index (κ3) is 7.66. The van der Waals surface area contributed by atoms with Gasteiger partial charge in [0.05, 0.1) is 33.8 Å². The van der Waals surface area contributed by atoms with Gasteiger partial charge in [-0.25, -0.2) is 0 Å². The van der Waals surface area contributed by atoms with E-state index in [1.807, 2.05) is 0 Å². The lowest BCUT2D eigenvalue weighted by Gasteiger charge is -2.46. The lowest BCUT2D eigenvalue weighted by atomic mass is 9.35. The Morgan fingerprint density at radius 1 is 0.404 bits per heavy atom.